The van der Waals surface area contributed by atoms with Crippen molar-refractivity contribution in [3.8, 4) is 0 Å². The number of nitrogens with one attached hydrogen (secondary N) is 1. The highest BCUT2D eigenvalue weighted by molar-refractivity contribution is 5.74. The first-order valence-corrected chi connectivity index (χ1v) is 10.5. The van der Waals surface area contributed by atoms with Crippen molar-refractivity contribution in [1.82, 2.24) is 20.1 Å². The molecular weight excluding hydrogens is 348 g/mol. The Labute approximate surface area is 167 Å². The number of hydrogen-bond acceptors (Lipinski definition) is 3. The fourth-order valence-electron chi connectivity index (χ4n) is 4.39. The Morgan fingerprint density at radius 2 is 1.79 bits per heavy atom. The summed E-state index contributed by atoms with van der Waals surface area (Å²) in [6, 6.07) is 15.1. The lowest BCUT2D eigenvalue weighted by Crippen LogP contribution is -2.48. The lowest BCUT2D eigenvalue weighted by molar-refractivity contribution is 0.167. The van der Waals surface area contributed by atoms with Crippen LogP contribution in [0.2, 0.25) is 0 Å². The van der Waals surface area contributed by atoms with E-state index in [-0.39, 0.29) is 12.1 Å². The fourth-order valence-corrected chi connectivity index (χ4v) is 4.39. The molecule has 0 saturated carbocycles. The van der Waals surface area contributed by atoms with Gasteiger partial charge in [-0.1, -0.05) is 36.4 Å². The van der Waals surface area contributed by atoms with Crippen molar-refractivity contribution >= 4 is 6.03 Å². The number of amides is 2. The highest BCUT2D eigenvalue weighted by Gasteiger charge is 2.28. The third-order valence-electron chi connectivity index (χ3n) is 6.00. The molecule has 4 rings (SSSR count). The Morgan fingerprint density at radius 3 is 2.54 bits per heavy atom. The maximum absolute atomic E-state index is 12.7. The van der Waals surface area contributed by atoms with Gasteiger partial charge in [-0.25, -0.2) is 4.79 Å². The van der Waals surface area contributed by atoms with Gasteiger partial charge in [-0.2, -0.15) is 0 Å². The van der Waals surface area contributed by atoms with Gasteiger partial charge in [0.15, 0.2) is 0 Å². The highest BCUT2D eigenvalue weighted by atomic mass is 16.2. The van der Waals surface area contributed by atoms with Crippen LogP contribution in [-0.4, -0.2) is 53.0 Å². The van der Waals surface area contributed by atoms with E-state index in [9.17, 15) is 4.79 Å². The normalized spacial score (nSPS) is 21.0. The van der Waals surface area contributed by atoms with E-state index in [4.69, 9.17) is 0 Å². The largest absolute Gasteiger partial charge is 0.334 e. The second kappa shape index (κ2) is 9.20. The molecule has 2 amide bonds. The maximum atomic E-state index is 12.7. The van der Waals surface area contributed by atoms with Crippen molar-refractivity contribution in [3.05, 3.63) is 66.0 Å². The van der Waals surface area contributed by atoms with Crippen molar-refractivity contribution in [2.75, 3.05) is 26.2 Å². The van der Waals surface area contributed by atoms with Crippen molar-refractivity contribution in [1.29, 1.82) is 0 Å². The second-order valence-corrected chi connectivity index (χ2v) is 8.15. The number of benzene rings is 1. The molecule has 0 unspecified atom stereocenters. The molecule has 1 atom stereocenters. The molecule has 3 heterocycles. The topological polar surface area (TPSA) is 48.5 Å². The minimum Gasteiger partial charge on any atom is -0.334 e. The molecule has 1 N–H and O–H groups in total. The predicted molar refractivity (Wildman–Crippen MR) is 111 cm³/mol. The molecule has 2 saturated heterocycles. The SMILES string of the molecule is O=C(N[C@H]1CCN(Cc2ccccc2)C1)N1CCC(Cc2cccnc2)CC1. The molecule has 0 aliphatic carbocycles. The number of rotatable bonds is 5. The van der Waals surface area contributed by atoms with Crippen molar-refractivity contribution in [2.24, 2.45) is 5.92 Å². The summed E-state index contributed by atoms with van der Waals surface area (Å²) in [6.07, 6.45) is 8.04. The van der Waals surface area contributed by atoms with Gasteiger partial charge in [0.2, 0.25) is 0 Å². The standard InChI is InChI=1S/C23H30N4O/c28-23(25-22-10-12-26(18-22)17-20-5-2-1-3-6-20)27-13-8-19(9-14-27)15-21-7-4-11-24-16-21/h1-7,11,16,19,22H,8-10,12-15,17-18H2,(H,25,28)/t22-/m0/s1. The van der Waals surface area contributed by atoms with Gasteiger partial charge >= 0.3 is 6.03 Å². The van der Waals surface area contributed by atoms with Crippen LogP contribution in [0.3, 0.4) is 0 Å². The van der Waals surface area contributed by atoms with Gasteiger partial charge in [0.25, 0.3) is 0 Å². The fraction of sp³-hybridized carbons (Fsp3) is 0.478. The second-order valence-electron chi connectivity index (χ2n) is 8.15. The van der Waals surface area contributed by atoms with E-state index in [1.807, 2.05) is 23.4 Å². The third-order valence-corrected chi connectivity index (χ3v) is 6.00. The van der Waals surface area contributed by atoms with Crippen LogP contribution in [0.25, 0.3) is 0 Å². The number of carbonyl (C=O) groups excluding carboxylic acids is 1. The van der Waals surface area contributed by atoms with Gasteiger partial charge in [0, 0.05) is 51.2 Å². The van der Waals surface area contributed by atoms with E-state index in [1.54, 1.807) is 0 Å². The van der Waals surface area contributed by atoms with Gasteiger partial charge in [0.05, 0.1) is 0 Å². The van der Waals surface area contributed by atoms with Crippen LogP contribution in [0.1, 0.15) is 30.4 Å². The average Bonchev–Trinajstić information content (AvgIpc) is 3.17. The number of pyridine rings is 1. The first-order valence-electron chi connectivity index (χ1n) is 10.5. The molecule has 2 aliphatic heterocycles. The van der Waals surface area contributed by atoms with E-state index in [0.29, 0.717) is 5.92 Å². The van der Waals surface area contributed by atoms with Gasteiger partial charge in [-0.15, -0.1) is 0 Å². The molecule has 5 heteroatoms. The van der Waals surface area contributed by atoms with E-state index in [1.165, 1.54) is 11.1 Å². The first kappa shape index (κ1) is 18.9. The molecule has 2 aliphatic rings. The lowest BCUT2D eigenvalue weighted by atomic mass is 9.91. The number of likely N-dealkylation sites (tertiary alicyclic amines) is 2. The van der Waals surface area contributed by atoms with E-state index in [0.717, 1.165) is 58.4 Å². The summed E-state index contributed by atoms with van der Waals surface area (Å²) < 4.78 is 0. The molecule has 2 aromatic rings. The molecule has 1 aromatic carbocycles. The maximum Gasteiger partial charge on any atom is 0.317 e. The zero-order valence-corrected chi connectivity index (χ0v) is 16.5. The van der Waals surface area contributed by atoms with Gasteiger partial charge in [0.1, 0.15) is 0 Å². The Bertz CT molecular complexity index is 744. The average molecular weight is 379 g/mol. The molecule has 28 heavy (non-hydrogen) atoms. The Morgan fingerprint density at radius 1 is 1.00 bits per heavy atom. The quantitative estimate of drug-likeness (QED) is 0.868. The molecule has 0 radical (unpaired) electrons. The molecule has 148 valence electrons. The highest BCUT2D eigenvalue weighted by Crippen LogP contribution is 2.22. The van der Waals surface area contributed by atoms with Crippen LogP contribution < -0.4 is 5.32 Å². The predicted octanol–water partition coefficient (Wildman–Crippen LogP) is 3.32. The monoisotopic (exact) mass is 378 g/mol. The smallest absolute Gasteiger partial charge is 0.317 e. The number of urea groups is 1. The number of nitrogens with zero attached hydrogens (tertiary/aromatic N) is 3. The first-order chi connectivity index (χ1) is 13.8. The number of carbonyl (C=O) groups is 1. The number of aromatic nitrogens is 1. The summed E-state index contributed by atoms with van der Waals surface area (Å²) in [7, 11) is 0. The van der Waals surface area contributed by atoms with Gasteiger partial charge in [-0.05, 0) is 48.8 Å². The molecular formula is C23H30N4O. The summed E-state index contributed by atoms with van der Waals surface area (Å²) in [5, 5.41) is 3.26. The molecule has 2 fully saturated rings. The van der Waals surface area contributed by atoms with Gasteiger partial charge < -0.3 is 10.2 Å². The third kappa shape index (κ3) is 5.10. The Balaban J connectivity index is 1.19. The summed E-state index contributed by atoms with van der Waals surface area (Å²) in [4.78, 5) is 21.3. The van der Waals surface area contributed by atoms with E-state index < -0.39 is 0 Å². The number of hydrogen-bond donors (Lipinski definition) is 1. The summed E-state index contributed by atoms with van der Waals surface area (Å²) in [5.41, 5.74) is 2.64. The molecule has 1 aromatic heterocycles. The van der Waals surface area contributed by atoms with Crippen LogP contribution in [0.15, 0.2) is 54.9 Å². The van der Waals surface area contributed by atoms with Crippen LogP contribution in [0.4, 0.5) is 4.79 Å². The summed E-state index contributed by atoms with van der Waals surface area (Å²) in [6.45, 7) is 4.67. The molecule has 0 spiro atoms. The van der Waals surface area contributed by atoms with Gasteiger partial charge in [-0.3, -0.25) is 9.88 Å². The van der Waals surface area contributed by atoms with Crippen molar-refractivity contribution in [3.63, 3.8) is 0 Å². The number of piperidine rings is 1. The molecule has 5 nitrogen and oxygen atoms in total. The van der Waals surface area contributed by atoms with Crippen LogP contribution >= 0.6 is 0 Å². The van der Waals surface area contributed by atoms with Crippen molar-refractivity contribution < 1.29 is 4.79 Å². The van der Waals surface area contributed by atoms with E-state index in [2.05, 4.69) is 51.6 Å². The Kier molecular flexibility index (Phi) is 6.22. The summed E-state index contributed by atoms with van der Waals surface area (Å²) in [5.74, 6) is 0.654. The Hall–Kier alpha value is -2.40. The van der Waals surface area contributed by atoms with Crippen LogP contribution in [0, 0.1) is 5.92 Å². The minimum absolute atomic E-state index is 0.117. The van der Waals surface area contributed by atoms with Crippen molar-refractivity contribution in [2.45, 2.75) is 38.3 Å². The lowest BCUT2D eigenvalue weighted by Gasteiger charge is -2.33. The van der Waals surface area contributed by atoms with E-state index >= 15 is 0 Å². The van der Waals surface area contributed by atoms with Crippen LogP contribution in [-0.2, 0) is 13.0 Å². The zero-order chi connectivity index (χ0) is 19.2. The summed E-state index contributed by atoms with van der Waals surface area (Å²) >= 11 is 0. The van der Waals surface area contributed by atoms with Crippen LogP contribution in [0.5, 0.6) is 0 Å². The molecule has 0 bridgehead atoms. The zero-order valence-electron chi connectivity index (χ0n) is 16.5. The minimum atomic E-state index is 0.117.